The Morgan fingerprint density at radius 1 is 1.14 bits per heavy atom. The first-order valence-electron chi connectivity index (χ1n) is 9.07. The van der Waals surface area contributed by atoms with Gasteiger partial charge in [0.05, 0.1) is 17.0 Å². The Bertz CT molecular complexity index is 983. The molecule has 0 aromatic heterocycles. The van der Waals surface area contributed by atoms with Gasteiger partial charge in [-0.1, -0.05) is 18.2 Å². The zero-order valence-electron chi connectivity index (χ0n) is 16.3. The van der Waals surface area contributed by atoms with Crippen molar-refractivity contribution in [2.24, 2.45) is 5.10 Å². The molecular formula is C21H21F2N3O3. The Hall–Kier alpha value is -3.29. The van der Waals surface area contributed by atoms with Crippen LogP contribution in [-0.4, -0.2) is 29.9 Å². The van der Waals surface area contributed by atoms with Crippen molar-refractivity contribution >= 4 is 23.4 Å². The Morgan fingerprint density at radius 2 is 1.86 bits per heavy atom. The molecule has 0 saturated heterocycles. The number of rotatable bonds is 2. The zero-order chi connectivity index (χ0) is 21.2. The van der Waals surface area contributed by atoms with Crippen molar-refractivity contribution in [1.29, 1.82) is 0 Å². The van der Waals surface area contributed by atoms with Crippen LogP contribution in [0.5, 0.6) is 0 Å². The third kappa shape index (κ3) is 4.77. The molecule has 29 heavy (non-hydrogen) atoms. The molecular weight excluding hydrogens is 380 g/mol. The molecule has 8 heteroatoms. The number of hydrogen-bond acceptors (Lipinski definition) is 4. The van der Waals surface area contributed by atoms with Crippen molar-refractivity contribution in [3.63, 3.8) is 0 Å². The fourth-order valence-corrected chi connectivity index (χ4v) is 2.90. The summed E-state index contributed by atoms with van der Waals surface area (Å²) in [7, 11) is 0. The van der Waals surface area contributed by atoms with E-state index < -0.39 is 34.8 Å². The molecule has 1 aliphatic heterocycles. The minimum atomic E-state index is -0.860. The summed E-state index contributed by atoms with van der Waals surface area (Å²) < 4.78 is 32.5. The third-order valence-electron chi connectivity index (χ3n) is 4.16. The highest BCUT2D eigenvalue weighted by Gasteiger charge is 2.29. The highest BCUT2D eigenvalue weighted by Crippen LogP contribution is 2.28. The van der Waals surface area contributed by atoms with Crippen molar-refractivity contribution in [2.45, 2.75) is 32.8 Å². The third-order valence-corrected chi connectivity index (χ3v) is 4.16. The number of carbonyl (C=O) groups is 2. The fourth-order valence-electron chi connectivity index (χ4n) is 2.90. The standard InChI is InChI=1S/C21H21F2N3O3/c1-21(2,3)29-20(28)26-11-10-17(14-6-4-5-7-18(14)26)24-25-19(27)15-12-13(22)8-9-16(15)23/h4-9,12H,10-11H2,1-3H3,(H,25,27)/b24-17-. The van der Waals surface area contributed by atoms with Crippen molar-refractivity contribution in [3.8, 4) is 0 Å². The smallest absolute Gasteiger partial charge is 0.414 e. The quantitative estimate of drug-likeness (QED) is 0.765. The summed E-state index contributed by atoms with van der Waals surface area (Å²) >= 11 is 0. The second-order valence-electron chi connectivity index (χ2n) is 7.52. The van der Waals surface area contributed by atoms with Crippen molar-refractivity contribution in [1.82, 2.24) is 5.43 Å². The Labute approximate surface area is 167 Å². The number of anilines is 1. The number of amides is 2. The highest BCUT2D eigenvalue weighted by molar-refractivity contribution is 6.11. The number of para-hydroxylation sites is 1. The van der Waals surface area contributed by atoms with Crippen LogP contribution in [0.2, 0.25) is 0 Å². The van der Waals surface area contributed by atoms with Gasteiger partial charge in [0.2, 0.25) is 0 Å². The van der Waals surface area contributed by atoms with Gasteiger partial charge in [-0.2, -0.15) is 5.10 Å². The number of fused-ring (bicyclic) bond motifs is 1. The molecule has 1 heterocycles. The Balaban J connectivity index is 1.84. The largest absolute Gasteiger partial charge is 0.443 e. The van der Waals surface area contributed by atoms with E-state index in [1.165, 1.54) is 4.90 Å². The molecule has 0 aliphatic carbocycles. The number of ether oxygens (including phenoxy) is 1. The SMILES string of the molecule is CC(C)(C)OC(=O)N1CC/C(=N/NC(=O)c2cc(F)ccc2F)c2ccccc21. The molecule has 2 aromatic rings. The van der Waals surface area contributed by atoms with Crippen LogP contribution in [0.3, 0.4) is 0 Å². The molecule has 0 unspecified atom stereocenters. The van der Waals surface area contributed by atoms with E-state index in [0.717, 1.165) is 18.2 Å². The highest BCUT2D eigenvalue weighted by atomic mass is 19.1. The lowest BCUT2D eigenvalue weighted by Gasteiger charge is -2.32. The van der Waals surface area contributed by atoms with Gasteiger partial charge in [-0.05, 0) is 45.0 Å². The topological polar surface area (TPSA) is 71.0 Å². The van der Waals surface area contributed by atoms with Crippen LogP contribution in [0.15, 0.2) is 47.6 Å². The van der Waals surface area contributed by atoms with Crippen LogP contribution < -0.4 is 10.3 Å². The Morgan fingerprint density at radius 3 is 2.59 bits per heavy atom. The molecule has 1 aliphatic rings. The number of hydrazone groups is 1. The summed E-state index contributed by atoms with van der Waals surface area (Å²) in [6, 6.07) is 9.69. The lowest BCUT2D eigenvalue weighted by atomic mass is 10.00. The second-order valence-corrected chi connectivity index (χ2v) is 7.52. The van der Waals surface area contributed by atoms with E-state index in [-0.39, 0.29) is 0 Å². The van der Waals surface area contributed by atoms with Crippen LogP contribution in [0, 0.1) is 11.6 Å². The Kier molecular flexibility index (Phi) is 5.63. The lowest BCUT2D eigenvalue weighted by molar-refractivity contribution is 0.0580. The number of nitrogens with one attached hydrogen (secondary N) is 1. The van der Waals surface area contributed by atoms with Gasteiger partial charge in [-0.15, -0.1) is 0 Å². The molecule has 0 fully saturated rings. The van der Waals surface area contributed by atoms with E-state index >= 15 is 0 Å². The molecule has 3 rings (SSSR count). The lowest BCUT2D eigenvalue weighted by Crippen LogP contribution is -2.41. The summed E-state index contributed by atoms with van der Waals surface area (Å²) in [6.07, 6.45) is -0.128. The summed E-state index contributed by atoms with van der Waals surface area (Å²) in [5, 5.41) is 4.09. The molecule has 0 saturated carbocycles. The van der Waals surface area contributed by atoms with E-state index in [2.05, 4.69) is 10.5 Å². The van der Waals surface area contributed by atoms with Crippen molar-refractivity contribution in [3.05, 3.63) is 65.2 Å². The first-order valence-corrected chi connectivity index (χ1v) is 9.07. The van der Waals surface area contributed by atoms with Gasteiger partial charge < -0.3 is 4.74 Å². The van der Waals surface area contributed by atoms with E-state index in [9.17, 15) is 18.4 Å². The number of benzene rings is 2. The van der Waals surface area contributed by atoms with E-state index in [4.69, 9.17) is 4.74 Å². The predicted octanol–water partition coefficient (Wildman–Crippen LogP) is 4.24. The summed E-state index contributed by atoms with van der Waals surface area (Å²) in [5.41, 5.74) is 2.95. The fraction of sp³-hybridized carbons (Fsp3) is 0.286. The molecule has 6 nitrogen and oxygen atoms in total. The normalized spacial score (nSPS) is 15.1. The maximum absolute atomic E-state index is 13.8. The monoisotopic (exact) mass is 401 g/mol. The first kappa shape index (κ1) is 20.4. The summed E-state index contributed by atoms with van der Waals surface area (Å²) in [4.78, 5) is 26.2. The van der Waals surface area contributed by atoms with E-state index in [1.54, 1.807) is 45.0 Å². The average molecular weight is 401 g/mol. The predicted molar refractivity (Wildman–Crippen MR) is 105 cm³/mol. The van der Waals surface area contributed by atoms with Crippen molar-refractivity contribution in [2.75, 3.05) is 11.4 Å². The number of hydrogen-bond donors (Lipinski definition) is 1. The minimum Gasteiger partial charge on any atom is -0.443 e. The van der Waals surface area contributed by atoms with Crippen LogP contribution >= 0.6 is 0 Å². The summed E-state index contributed by atoms with van der Waals surface area (Å²) in [5.74, 6) is -2.42. The molecule has 0 radical (unpaired) electrons. The molecule has 152 valence electrons. The molecule has 1 N–H and O–H groups in total. The first-order chi connectivity index (χ1) is 13.7. The van der Waals surface area contributed by atoms with Crippen LogP contribution in [0.1, 0.15) is 43.1 Å². The maximum Gasteiger partial charge on any atom is 0.414 e. The van der Waals surface area contributed by atoms with Crippen molar-refractivity contribution < 1.29 is 23.1 Å². The average Bonchev–Trinajstić information content (AvgIpc) is 2.66. The molecule has 0 atom stereocenters. The van der Waals surface area contributed by atoms with Gasteiger partial charge in [-0.3, -0.25) is 9.69 Å². The second kappa shape index (κ2) is 7.98. The molecule has 0 spiro atoms. The van der Waals surface area contributed by atoms with Crippen LogP contribution in [0.4, 0.5) is 19.3 Å². The van der Waals surface area contributed by atoms with E-state index in [0.29, 0.717) is 29.9 Å². The molecule has 2 amide bonds. The van der Waals surface area contributed by atoms with Gasteiger partial charge in [-0.25, -0.2) is 19.0 Å². The van der Waals surface area contributed by atoms with Gasteiger partial charge in [0.1, 0.15) is 17.2 Å². The van der Waals surface area contributed by atoms with Gasteiger partial charge in [0, 0.05) is 18.5 Å². The van der Waals surface area contributed by atoms with Gasteiger partial charge in [0.25, 0.3) is 5.91 Å². The number of carbonyl (C=O) groups excluding carboxylic acids is 2. The maximum atomic E-state index is 13.8. The van der Waals surface area contributed by atoms with Crippen LogP contribution in [0.25, 0.3) is 0 Å². The number of nitrogens with zero attached hydrogens (tertiary/aromatic N) is 2. The van der Waals surface area contributed by atoms with Gasteiger partial charge in [0.15, 0.2) is 0 Å². The van der Waals surface area contributed by atoms with Crippen LogP contribution in [-0.2, 0) is 4.74 Å². The minimum absolute atomic E-state index is 0.301. The van der Waals surface area contributed by atoms with Gasteiger partial charge >= 0.3 is 6.09 Å². The molecule has 0 bridgehead atoms. The number of halogens is 2. The molecule has 2 aromatic carbocycles. The zero-order valence-corrected chi connectivity index (χ0v) is 16.3. The summed E-state index contributed by atoms with van der Waals surface area (Å²) in [6.45, 7) is 5.66. The van der Waals surface area contributed by atoms with E-state index in [1.807, 2.05) is 0 Å².